The average Bonchev–Trinajstić information content (AvgIpc) is 2.75. The van der Waals surface area contributed by atoms with Gasteiger partial charge in [0.25, 0.3) is 0 Å². The summed E-state index contributed by atoms with van der Waals surface area (Å²) in [5.74, 6) is -0.366. The number of rotatable bonds is 4. The molecule has 0 bridgehead atoms. The quantitative estimate of drug-likeness (QED) is 0.882. The van der Waals surface area contributed by atoms with E-state index in [0.29, 0.717) is 24.2 Å². The number of nitriles is 1. The third-order valence-corrected chi connectivity index (χ3v) is 3.11. The van der Waals surface area contributed by atoms with Crippen molar-refractivity contribution in [3.05, 3.63) is 55.9 Å². The van der Waals surface area contributed by atoms with Crippen molar-refractivity contribution in [2.45, 2.75) is 13.1 Å². The van der Waals surface area contributed by atoms with Crippen LogP contribution < -0.4 is 10.2 Å². The van der Waals surface area contributed by atoms with Crippen molar-refractivity contribution in [1.29, 1.82) is 5.26 Å². The van der Waals surface area contributed by atoms with Crippen molar-refractivity contribution in [1.82, 2.24) is 10.3 Å². The van der Waals surface area contributed by atoms with Crippen LogP contribution >= 0.6 is 11.3 Å². The molecule has 4 nitrogen and oxygen atoms in total. The van der Waals surface area contributed by atoms with Gasteiger partial charge >= 0.3 is 4.87 Å². The summed E-state index contributed by atoms with van der Waals surface area (Å²) < 4.78 is 13.1. The lowest BCUT2D eigenvalue weighted by atomic mass is 10.1. The van der Waals surface area contributed by atoms with E-state index in [1.807, 2.05) is 6.07 Å². The van der Waals surface area contributed by atoms with Crippen LogP contribution in [0.5, 0.6) is 0 Å². The Morgan fingerprint density at radius 3 is 2.94 bits per heavy atom. The zero-order chi connectivity index (χ0) is 13.0. The molecule has 1 aromatic heterocycles. The minimum Gasteiger partial charge on any atom is -0.315 e. The molecule has 2 N–H and O–H groups in total. The van der Waals surface area contributed by atoms with Crippen LogP contribution in [0.3, 0.4) is 0 Å². The number of aromatic nitrogens is 1. The summed E-state index contributed by atoms with van der Waals surface area (Å²) in [6.07, 6.45) is 0. The Labute approximate surface area is 107 Å². The van der Waals surface area contributed by atoms with Gasteiger partial charge in [-0.2, -0.15) is 5.26 Å². The highest BCUT2D eigenvalue weighted by Crippen LogP contribution is 2.10. The summed E-state index contributed by atoms with van der Waals surface area (Å²) >= 11 is 1.10. The fraction of sp³-hybridized carbons (Fsp3) is 0.167. The van der Waals surface area contributed by atoms with Crippen LogP contribution in [0.4, 0.5) is 4.39 Å². The molecule has 1 heterocycles. The molecule has 2 rings (SSSR count). The summed E-state index contributed by atoms with van der Waals surface area (Å²) in [5, 5.41) is 13.7. The van der Waals surface area contributed by atoms with E-state index in [1.54, 1.807) is 5.38 Å². The zero-order valence-electron chi connectivity index (χ0n) is 9.37. The van der Waals surface area contributed by atoms with Crippen LogP contribution in [0.2, 0.25) is 0 Å². The summed E-state index contributed by atoms with van der Waals surface area (Å²) in [6, 6.07) is 6.07. The van der Waals surface area contributed by atoms with Crippen LogP contribution in [0.1, 0.15) is 16.8 Å². The highest BCUT2D eigenvalue weighted by atomic mass is 32.1. The van der Waals surface area contributed by atoms with Gasteiger partial charge in [-0.05, 0) is 23.8 Å². The number of benzene rings is 1. The van der Waals surface area contributed by atoms with E-state index < -0.39 is 0 Å². The first kappa shape index (κ1) is 12.5. The second kappa shape index (κ2) is 5.58. The molecule has 0 aliphatic carbocycles. The van der Waals surface area contributed by atoms with E-state index in [1.165, 1.54) is 18.2 Å². The Morgan fingerprint density at radius 2 is 2.28 bits per heavy atom. The fourth-order valence-corrected chi connectivity index (χ4v) is 2.13. The Morgan fingerprint density at radius 1 is 1.44 bits per heavy atom. The van der Waals surface area contributed by atoms with Gasteiger partial charge in [-0.25, -0.2) is 4.39 Å². The second-order valence-corrected chi connectivity index (χ2v) is 4.53. The second-order valence-electron chi connectivity index (χ2n) is 3.69. The normalized spacial score (nSPS) is 10.2. The van der Waals surface area contributed by atoms with Crippen molar-refractivity contribution in [2.75, 3.05) is 0 Å². The Balaban J connectivity index is 2.00. The molecule has 0 radical (unpaired) electrons. The standard InChI is InChI=1S/C12H10FN3OS/c13-10-2-1-8(4-14)9(3-10)5-15-6-11-7-18-12(17)16-11/h1-3,7,15H,5-6H2,(H,16,17). The number of halogens is 1. The number of hydrogen-bond acceptors (Lipinski definition) is 4. The molecule has 0 saturated carbocycles. The number of thiazole rings is 1. The number of nitrogens with zero attached hydrogens (tertiary/aromatic N) is 1. The summed E-state index contributed by atoms with van der Waals surface area (Å²) in [4.78, 5) is 13.5. The summed E-state index contributed by atoms with van der Waals surface area (Å²) in [5.41, 5.74) is 1.83. The molecule has 0 fully saturated rings. The van der Waals surface area contributed by atoms with Crippen LogP contribution in [-0.2, 0) is 13.1 Å². The third kappa shape index (κ3) is 3.03. The molecular weight excluding hydrogens is 253 g/mol. The Bertz CT molecular complexity index is 641. The molecule has 0 aliphatic rings. The van der Waals surface area contributed by atoms with Crippen molar-refractivity contribution in [2.24, 2.45) is 0 Å². The number of H-pyrrole nitrogens is 1. The van der Waals surface area contributed by atoms with Gasteiger partial charge in [-0.15, -0.1) is 0 Å². The predicted molar refractivity (Wildman–Crippen MR) is 66.6 cm³/mol. The average molecular weight is 263 g/mol. The lowest BCUT2D eigenvalue weighted by Gasteiger charge is -2.05. The smallest absolute Gasteiger partial charge is 0.304 e. The van der Waals surface area contributed by atoms with E-state index >= 15 is 0 Å². The molecular formula is C12H10FN3OS. The Hall–Kier alpha value is -1.97. The van der Waals surface area contributed by atoms with Crippen molar-refractivity contribution < 1.29 is 4.39 Å². The van der Waals surface area contributed by atoms with E-state index in [9.17, 15) is 9.18 Å². The summed E-state index contributed by atoms with van der Waals surface area (Å²) in [6.45, 7) is 0.846. The first-order valence-corrected chi connectivity index (χ1v) is 6.13. The molecule has 0 aliphatic heterocycles. The largest absolute Gasteiger partial charge is 0.315 e. The highest BCUT2D eigenvalue weighted by molar-refractivity contribution is 7.07. The third-order valence-electron chi connectivity index (χ3n) is 2.39. The molecule has 0 unspecified atom stereocenters. The van der Waals surface area contributed by atoms with E-state index in [-0.39, 0.29) is 10.7 Å². The van der Waals surface area contributed by atoms with Gasteiger partial charge in [0.15, 0.2) is 0 Å². The van der Waals surface area contributed by atoms with Crippen LogP contribution in [0.15, 0.2) is 28.4 Å². The lowest BCUT2D eigenvalue weighted by molar-refractivity contribution is 0.619. The van der Waals surface area contributed by atoms with Gasteiger partial charge in [-0.1, -0.05) is 11.3 Å². The minimum atomic E-state index is -0.366. The number of nitrogens with one attached hydrogen (secondary N) is 2. The van der Waals surface area contributed by atoms with E-state index in [4.69, 9.17) is 5.26 Å². The van der Waals surface area contributed by atoms with Gasteiger partial charge in [0, 0.05) is 24.2 Å². The number of aromatic amines is 1. The monoisotopic (exact) mass is 263 g/mol. The van der Waals surface area contributed by atoms with Gasteiger partial charge in [0.05, 0.1) is 11.6 Å². The molecule has 92 valence electrons. The SMILES string of the molecule is N#Cc1ccc(F)cc1CNCc1csc(=O)[nH]1. The molecule has 0 saturated heterocycles. The zero-order valence-corrected chi connectivity index (χ0v) is 10.2. The maximum atomic E-state index is 13.1. The minimum absolute atomic E-state index is 0.102. The van der Waals surface area contributed by atoms with Crippen LogP contribution in [0, 0.1) is 17.1 Å². The fourth-order valence-electron chi connectivity index (χ4n) is 1.55. The molecule has 6 heteroatoms. The molecule has 2 aromatic rings. The van der Waals surface area contributed by atoms with Crippen molar-refractivity contribution in [3.63, 3.8) is 0 Å². The van der Waals surface area contributed by atoms with Gasteiger partial charge in [-0.3, -0.25) is 4.79 Å². The summed E-state index contributed by atoms with van der Waals surface area (Å²) in [7, 11) is 0. The van der Waals surface area contributed by atoms with E-state index in [0.717, 1.165) is 17.0 Å². The van der Waals surface area contributed by atoms with Gasteiger partial charge in [0.2, 0.25) is 0 Å². The van der Waals surface area contributed by atoms with Crippen molar-refractivity contribution in [3.8, 4) is 6.07 Å². The maximum absolute atomic E-state index is 13.1. The number of hydrogen-bond donors (Lipinski definition) is 2. The lowest BCUT2D eigenvalue weighted by Crippen LogP contribution is -2.14. The molecule has 0 atom stereocenters. The van der Waals surface area contributed by atoms with E-state index in [2.05, 4.69) is 10.3 Å². The van der Waals surface area contributed by atoms with Gasteiger partial charge < -0.3 is 10.3 Å². The molecule has 18 heavy (non-hydrogen) atoms. The topological polar surface area (TPSA) is 68.7 Å². The first-order chi connectivity index (χ1) is 8.69. The Kier molecular flexibility index (Phi) is 3.87. The molecule has 1 aromatic carbocycles. The van der Waals surface area contributed by atoms with Crippen LogP contribution in [-0.4, -0.2) is 4.98 Å². The maximum Gasteiger partial charge on any atom is 0.304 e. The van der Waals surface area contributed by atoms with Gasteiger partial charge in [0.1, 0.15) is 5.82 Å². The molecule has 0 amide bonds. The predicted octanol–water partition coefficient (Wildman–Crippen LogP) is 1.74. The highest BCUT2D eigenvalue weighted by Gasteiger charge is 2.04. The van der Waals surface area contributed by atoms with Crippen molar-refractivity contribution >= 4 is 11.3 Å². The first-order valence-electron chi connectivity index (χ1n) is 5.25. The van der Waals surface area contributed by atoms with Crippen LogP contribution in [0.25, 0.3) is 0 Å². The molecule has 0 spiro atoms.